The van der Waals surface area contributed by atoms with Crippen molar-refractivity contribution in [2.45, 2.75) is 26.3 Å². The summed E-state index contributed by atoms with van der Waals surface area (Å²) < 4.78 is 14.2. The van der Waals surface area contributed by atoms with Gasteiger partial charge in [0.05, 0.1) is 11.2 Å². The van der Waals surface area contributed by atoms with E-state index in [1.165, 1.54) is 30.4 Å². The van der Waals surface area contributed by atoms with Crippen molar-refractivity contribution in [3.63, 3.8) is 0 Å². The smallest absolute Gasteiger partial charge is 0.245 e. The van der Waals surface area contributed by atoms with Gasteiger partial charge in [0.15, 0.2) is 5.13 Å². The van der Waals surface area contributed by atoms with Gasteiger partial charge >= 0.3 is 0 Å². The summed E-state index contributed by atoms with van der Waals surface area (Å²) in [4.78, 5) is 27.0. The van der Waals surface area contributed by atoms with Crippen molar-refractivity contribution in [1.29, 1.82) is 0 Å². The predicted octanol–water partition coefficient (Wildman–Crippen LogP) is 2.58. The van der Waals surface area contributed by atoms with Crippen LogP contribution in [0.25, 0.3) is 11.3 Å². The minimum absolute atomic E-state index is 0.278. The molecular weight excluding hydrogens is 319 g/mol. The molecule has 0 atom stereocenters. The van der Waals surface area contributed by atoms with E-state index in [0.29, 0.717) is 16.5 Å². The van der Waals surface area contributed by atoms with Crippen LogP contribution >= 0.6 is 11.3 Å². The van der Waals surface area contributed by atoms with Crippen LogP contribution in [0.3, 0.4) is 0 Å². The van der Waals surface area contributed by atoms with E-state index in [1.807, 2.05) is 0 Å². The van der Waals surface area contributed by atoms with Gasteiger partial charge in [0.1, 0.15) is 5.82 Å². The molecule has 0 spiro atoms. The van der Waals surface area contributed by atoms with Gasteiger partial charge < -0.3 is 16.4 Å². The molecule has 122 valence electrons. The summed E-state index contributed by atoms with van der Waals surface area (Å²) in [7, 11) is 0. The molecule has 8 heteroatoms. The van der Waals surface area contributed by atoms with Crippen molar-refractivity contribution in [2.24, 2.45) is 5.73 Å². The van der Waals surface area contributed by atoms with Gasteiger partial charge in [-0.15, -0.1) is 11.3 Å². The third-order valence-electron chi connectivity index (χ3n) is 2.88. The van der Waals surface area contributed by atoms with Gasteiger partial charge in [0.2, 0.25) is 11.8 Å². The molecule has 1 aromatic carbocycles. The minimum Gasteiger partial charge on any atom is -0.326 e. The fraction of sp³-hybridized carbons (Fsp3) is 0.267. The number of carbonyl (C=O) groups is 2. The molecule has 6 nitrogen and oxygen atoms in total. The number of benzene rings is 1. The summed E-state index contributed by atoms with van der Waals surface area (Å²) in [6.45, 7) is 4.51. The zero-order chi connectivity index (χ0) is 17.2. The third-order valence-corrected chi connectivity index (χ3v) is 3.63. The van der Waals surface area contributed by atoms with Crippen LogP contribution in [0.2, 0.25) is 0 Å². The average Bonchev–Trinajstić information content (AvgIpc) is 2.85. The van der Waals surface area contributed by atoms with E-state index in [2.05, 4.69) is 15.6 Å². The van der Waals surface area contributed by atoms with Crippen LogP contribution in [0.15, 0.2) is 23.6 Å². The molecule has 1 heterocycles. The number of thiazole rings is 1. The molecule has 0 fully saturated rings. The topological polar surface area (TPSA) is 97.1 Å². The van der Waals surface area contributed by atoms with E-state index >= 15 is 0 Å². The van der Waals surface area contributed by atoms with Crippen LogP contribution in [0, 0.1) is 5.82 Å². The first-order chi connectivity index (χ1) is 10.7. The summed E-state index contributed by atoms with van der Waals surface area (Å²) in [5.41, 5.74) is 5.71. The van der Waals surface area contributed by atoms with Gasteiger partial charge in [-0.2, -0.15) is 0 Å². The van der Waals surface area contributed by atoms with Crippen LogP contribution in [0.5, 0.6) is 0 Å². The summed E-state index contributed by atoms with van der Waals surface area (Å²) >= 11 is 1.18. The Morgan fingerprint density at radius 2 is 2.00 bits per heavy atom. The van der Waals surface area contributed by atoms with Gasteiger partial charge in [-0.3, -0.25) is 9.59 Å². The molecule has 0 radical (unpaired) electrons. The number of aromatic nitrogens is 1. The van der Waals surface area contributed by atoms with Crippen LogP contribution in [-0.2, 0) is 9.59 Å². The number of anilines is 2. The largest absolute Gasteiger partial charge is 0.326 e. The lowest BCUT2D eigenvalue weighted by molar-refractivity contribution is -0.120. The Bertz CT molecular complexity index is 752. The highest BCUT2D eigenvalue weighted by atomic mass is 32.1. The van der Waals surface area contributed by atoms with Crippen LogP contribution in [-0.4, -0.2) is 22.3 Å². The zero-order valence-electron chi connectivity index (χ0n) is 12.9. The predicted molar refractivity (Wildman–Crippen MR) is 88.7 cm³/mol. The van der Waals surface area contributed by atoms with Gasteiger partial charge in [-0.25, -0.2) is 9.37 Å². The van der Waals surface area contributed by atoms with Gasteiger partial charge in [-0.05, 0) is 32.0 Å². The first-order valence-electron chi connectivity index (χ1n) is 6.80. The maximum atomic E-state index is 14.2. The molecule has 0 aliphatic heterocycles. The Morgan fingerprint density at radius 1 is 1.30 bits per heavy atom. The zero-order valence-corrected chi connectivity index (χ0v) is 13.8. The molecule has 2 rings (SSSR count). The molecule has 23 heavy (non-hydrogen) atoms. The molecule has 0 saturated heterocycles. The number of hydrogen-bond acceptors (Lipinski definition) is 5. The maximum absolute atomic E-state index is 14.2. The van der Waals surface area contributed by atoms with Crippen molar-refractivity contribution < 1.29 is 14.0 Å². The fourth-order valence-electron chi connectivity index (χ4n) is 1.72. The van der Waals surface area contributed by atoms with E-state index in [1.54, 1.807) is 25.3 Å². The molecule has 0 aliphatic carbocycles. The number of hydrogen-bond donors (Lipinski definition) is 3. The normalized spacial score (nSPS) is 11.2. The molecule has 2 aromatic rings. The maximum Gasteiger partial charge on any atom is 0.245 e. The van der Waals surface area contributed by atoms with Gasteiger partial charge in [0.25, 0.3) is 0 Å². The van der Waals surface area contributed by atoms with Gasteiger partial charge in [-0.1, -0.05) is 0 Å². The number of rotatable bonds is 4. The highest BCUT2D eigenvalue weighted by Crippen LogP contribution is 2.28. The molecular formula is C15H17FN4O2S. The number of nitrogens with one attached hydrogen (secondary N) is 2. The number of amides is 2. The second kappa shape index (κ2) is 6.43. The Kier molecular flexibility index (Phi) is 4.76. The van der Waals surface area contributed by atoms with E-state index in [-0.39, 0.29) is 17.4 Å². The Hall–Kier alpha value is -2.32. The number of carbonyl (C=O) groups excluding carboxylic acids is 2. The van der Waals surface area contributed by atoms with E-state index in [0.717, 1.165) is 0 Å². The second-order valence-corrected chi connectivity index (χ2v) is 6.45. The second-order valence-electron chi connectivity index (χ2n) is 5.59. The summed E-state index contributed by atoms with van der Waals surface area (Å²) in [5, 5.41) is 7.07. The van der Waals surface area contributed by atoms with E-state index in [4.69, 9.17) is 5.73 Å². The number of halogens is 1. The summed E-state index contributed by atoms with van der Waals surface area (Å²) in [5.74, 6) is -1.17. The molecule has 0 saturated carbocycles. The van der Waals surface area contributed by atoms with Gasteiger partial charge in [0, 0.05) is 23.6 Å². The quantitative estimate of drug-likeness (QED) is 0.799. The average molecular weight is 336 g/mol. The summed E-state index contributed by atoms with van der Waals surface area (Å²) in [6.07, 6.45) is 0. The van der Waals surface area contributed by atoms with Crippen LogP contribution in [0.1, 0.15) is 20.8 Å². The monoisotopic (exact) mass is 336 g/mol. The standard InChI is InChI=1S/C15H17FN4O2S/c1-8(21)18-9-4-5-10(11(16)6-9)12-7-23-14(19-12)20-13(22)15(2,3)17/h4-7H,17H2,1-3H3,(H,18,21)(H,19,20,22). The van der Waals surface area contributed by atoms with Crippen molar-refractivity contribution in [1.82, 2.24) is 4.98 Å². The molecule has 2 amide bonds. The highest BCUT2D eigenvalue weighted by molar-refractivity contribution is 7.14. The lowest BCUT2D eigenvalue weighted by Crippen LogP contribution is -2.45. The van der Waals surface area contributed by atoms with E-state index in [9.17, 15) is 14.0 Å². The van der Waals surface area contributed by atoms with Crippen molar-refractivity contribution in [3.05, 3.63) is 29.4 Å². The number of nitrogens with zero attached hydrogens (tertiary/aromatic N) is 1. The SMILES string of the molecule is CC(=O)Nc1ccc(-c2csc(NC(=O)C(C)(C)N)n2)c(F)c1. The summed E-state index contributed by atoms with van der Waals surface area (Å²) in [6, 6.07) is 4.33. The van der Waals surface area contributed by atoms with E-state index < -0.39 is 11.4 Å². The minimum atomic E-state index is -1.03. The Balaban J connectivity index is 2.20. The third kappa shape index (κ3) is 4.33. The molecule has 0 bridgehead atoms. The lowest BCUT2D eigenvalue weighted by atomic mass is 10.1. The highest BCUT2D eigenvalue weighted by Gasteiger charge is 2.23. The van der Waals surface area contributed by atoms with Crippen LogP contribution in [0.4, 0.5) is 15.2 Å². The lowest BCUT2D eigenvalue weighted by Gasteiger charge is -2.16. The molecule has 0 aliphatic rings. The first kappa shape index (κ1) is 17.0. The van der Waals surface area contributed by atoms with Crippen LogP contribution < -0.4 is 16.4 Å². The molecule has 4 N–H and O–H groups in total. The van der Waals surface area contributed by atoms with Crippen molar-refractivity contribution in [3.8, 4) is 11.3 Å². The molecule has 1 aromatic heterocycles. The Labute approximate surface area is 136 Å². The molecule has 0 unspecified atom stereocenters. The Morgan fingerprint density at radius 3 is 2.57 bits per heavy atom. The fourth-order valence-corrected chi connectivity index (χ4v) is 2.42. The van der Waals surface area contributed by atoms with Crippen molar-refractivity contribution in [2.75, 3.05) is 10.6 Å². The first-order valence-corrected chi connectivity index (χ1v) is 7.68. The number of nitrogens with two attached hydrogens (primary N) is 1. The van der Waals surface area contributed by atoms with Crippen molar-refractivity contribution >= 4 is 34.0 Å².